The zero-order valence-corrected chi connectivity index (χ0v) is 19.8. The number of benzene rings is 1. The van der Waals surface area contributed by atoms with Crippen LogP contribution >= 0.6 is 0 Å². The van der Waals surface area contributed by atoms with E-state index in [0.29, 0.717) is 24.8 Å². The Labute approximate surface area is 194 Å². The van der Waals surface area contributed by atoms with Gasteiger partial charge in [-0.05, 0) is 52.2 Å². The monoisotopic (exact) mass is 453 g/mol. The maximum atomic E-state index is 12.5. The lowest BCUT2D eigenvalue weighted by Crippen LogP contribution is -2.37. The molecule has 1 aromatic heterocycles. The van der Waals surface area contributed by atoms with Crippen LogP contribution < -0.4 is 20.1 Å². The number of amides is 1. The Morgan fingerprint density at radius 2 is 2.00 bits per heavy atom. The molecule has 2 aliphatic heterocycles. The number of fused-ring (bicyclic) bond motifs is 1. The third-order valence-corrected chi connectivity index (χ3v) is 5.27. The summed E-state index contributed by atoms with van der Waals surface area (Å²) in [4.78, 5) is 23.2. The average molecular weight is 454 g/mol. The van der Waals surface area contributed by atoms with E-state index in [0.717, 1.165) is 46.9 Å². The van der Waals surface area contributed by atoms with E-state index in [1.807, 2.05) is 52.9 Å². The van der Waals surface area contributed by atoms with Crippen LogP contribution in [0.2, 0.25) is 0 Å². The van der Waals surface area contributed by atoms with Crippen LogP contribution in [0.4, 0.5) is 22.2 Å². The highest BCUT2D eigenvalue weighted by atomic mass is 16.7. The molecule has 0 aliphatic carbocycles. The zero-order valence-electron chi connectivity index (χ0n) is 19.8. The molecule has 0 unspecified atom stereocenters. The molecule has 0 fully saturated rings. The number of hydrogen-bond donors (Lipinski definition) is 2. The molecule has 2 N–H and O–H groups in total. The highest BCUT2D eigenvalue weighted by molar-refractivity contribution is 5.79. The van der Waals surface area contributed by atoms with E-state index in [-0.39, 0.29) is 12.9 Å². The van der Waals surface area contributed by atoms with E-state index in [1.165, 1.54) is 0 Å². The van der Waals surface area contributed by atoms with Crippen molar-refractivity contribution >= 4 is 29.1 Å². The standard InChI is InChI=1S/C24H31N5O4/c1-15-11-20(25-5)28-22(26-15)27-17-12-18(21-19(13-17)31-14-32-21)16-7-6-9-29(10-8-16)23(30)33-24(2,3)4/h8,11-13H,6-7,9-10,14H2,1-5H3,(H2,25,26,27,28). The second-order valence-corrected chi connectivity index (χ2v) is 9.11. The SMILES string of the molecule is CNc1cc(C)nc(Nc2cc3c(c(C4=CCN(C(=O)OC(C)(C)C)CCC4)c2)OCO3)n1. The van der Waals surface area contributed by atoms with Gasteiger partial charge in [0.1, 0.15) is 11.4 Å². The fourth-order valence-corrected chi connectivity index (χ4v) is 3.81. The first-order chi connectivity index (χ1) is 15.7. The minimum Gasteiger partial charge on any atom is -0.453 e. The van der Waals surface area contributed by atoms with Gasteiger partial charge < -0.3 is 29.7 Å². The minimum atomic E-state index is -0.521. The lowest BCUT2D eigenvalue weighted by molar-refractivity contribution is 0.0273. The summed E-state index contributed by atoms with van der Waals surface area (Å²) in [6, 6.07) is 5.79. The summed E-state index contributed by atoms with van der Waals surface area (Å²) in [7, 11) is 1.82. The Balaban J connectivity index is 1.61. The van der Waals surface area contributed by atoms with Gasteiger partial charge in [-0.2, -0.15) is 4.98 Å². The molecule has 0 atom stereocenters. The quantitative estimate of drug-likeness (QED) is 0.687. The predicted molar refractivity (Wildman–Crippen MR) is 127 cm³/mol. The van der Waals surface area contributed by atoms with Gasteiger partial charge in [0.25, 0.3) is 0 Å². The average Bonchev–Trinajstić information content (AvgIpc) is 3.06. The summed E-state index contributed by atoms with van der Waals surface area (Å²) >= 11 is 0. The van der Waals surface area contributed by atoms with Crippen LogP contribution in [0.25, 0.3) is 5.57 Å². The van der Waals surface area contributed by atoms with Crippen molar-refractivity contribution in [3.8, 4) is 11.5 Å². The predicted octanol–water partition coefficient (Wildman–Crippen LogP) is 4.71. The van der Waals surface area contributed by atoms with E-state index < -0.39 is 5.60 Å². The molecule has 1 amide bonds. The lowest BCUT2D eigenvalue weighted by atomic mass is 9.99. The van der Waals surface area contributed by atoms with Crippen molar-refractivity contribution in [1.82, 2.24) is 14.9 Å². The van der Waals surface area contributed by atoms with E-state index in [9.17, 15) is 4.79 Å². The maximum Gasteiger partial charge on any atom is 0.410 e. The van der Waals surface area contributed by atoms with Crippen LogP contribution in [0.5, 0.6) is 11.5 Å². The van der Waals surface area contributed by atoms with Crippen LogP contribution in [0.1, 0.15) is 44.9 Å². The molecule has 0 saturated heterocycles. The number of ether oxygens (including phenoxy) is 3. The molecule has 4 rings (SSSR count). The molecule has 0 bridgehead atoms. The van der Waals surface area contributed by atoms with Crippen molar-refractivity contribution in [1.29, 1.82) is 0 Å². The minimum absolute atomic E-state index is 0.175. The van der Waals surface area contributed by atoms with Crippen molar-refractivity contribution in [2.75, 3.05) is 37.6 Å². The Kier molecular flexibility index (Phi) is 6.31. The smallest absolute Gasteiger partial charge is 0.410 e. The number of nitrogens with zero attached hydrogens (tertiary/aromatic N) is 3. The van der Waals surface area contributed by atoms with Gasteiger partial charge in [-0.25, -0.2) is 9.78 Å². The molecule has 33 heavy (non-hydrogen) atoms. The highest BCUT2D eigenvalue weighted by Gasteiger charge is 2.26. The molecule has 0 radical (unpaired) electrons. The highest BCUT2D eigenvalue weighted by Crippen LogP contribution is 2.43. The molecule has 3 heterocycles. The second kappa shape index (κ2) is 9.17. The van der Waals surface area contributed by atoms with Gasteiger partial charge in [0.2, 0.25) is 12.7 Å². The number of nitrogens with one attached hydrogen (secondary N) is 2. The topological polar surface area (TPSA) is 97.8 Å². The molecule has 2 aliphatic rings. The van der Waals surface area contributed by atoms with E-state index in [2.05, 4.69) is 26.7 Å². The van der Waals surface area contributed by atoms with Gasteiger partial charge in [0.05, 0.1) is 0 Å². The fraction of sp³-hybridized carbons (Fsp3) is 0.458. The number of hydrogen-bond acceptors (Lipinski definition) is 8. The summed E-state index contributed by atoms with van der Waals surface area (Å²) in [6.45, 7) is 8.83. The third-order valence-electron chi connectivity index (χ3n) is 5.27. The van der Waals surface area contributed by atoms with Gasteiger partial charge in [-0.15, -0.1) is 0 Å². The summed E-state index contributed by atoms with van der Waals surface area (Å²) < 4.78 is 17.0. The van der Waals surface area contributed by atoms with Gasteiger partial charge in [0, 0.05) is 49.2 Å². The normalized spacial score (nSPS) is 15.5. The second-order valence-electron chi connectivity index (χ2n) is 9.11. The van der Waals surface area contributed by atoms with Gasteiger partial charge >= 0.3 is 6.09 Å². The Hall–Kier alpha value is -3.49. The molecular weight excluding hydrogens is 422 g/mol. The van der Waals surface area contributed by atoms with Crippen LogP contribution in [-0.4, -0.2) is 53.5 Å². The number of rotatable bonds is 4. The Morgan fingerprint density at radius 3 is 2.76 bits per heavy atom. The van der Waals surface area contributed by atoms with Crippen molar-refractivity contribution < 1.29 is 19.0 Å². The molecule has 2 aromatic rings. The summed E-state index contributed by atoms with van der Waals surface area (Å²) in [5, 5.41) is 6.33. The zero-order chi connectivity index (χ0) is 23.6. The van der Waals surface area contributed by atoms with Crippen molar-refractivity contribution in [2.45, 2.75) is 46.1 Å². The number of carbonyl (C=O) groups is 1. The summed E-state index contributed by atoms with van der Waals surface area (Å²) in [5.74, 6) is 2.62. The van der Waals surface area contributed by atoms with Crippen LogP contribution in [-0.2, 0) is 4.74 Å². The molecular formula is C24H31N5O4. The van der Waals surface area contributed by atoms with E-state index in [1.54, 1.807) is 4.90 Å². The largest absolute Gasteiger partial charge is 0.453 e. The molecule has 176 valence electrons. The molecule has 0 saturated carbocycles. The summed E-state index contributed by atoms with van der Waals surface area (Å²) in [5.41, 5.74) is 3.18. The van der Waals surface area contributed by atoms with Crippen LogP contribution in [0.3, 0.4) is 0 Å². The maximum absolute atomic E-state index is 12.5. The molecule has 1 aromatic carbocycles. The van der Waals surface area contributed by atoms with Crippen molar-refractivity contribution in [3.63, 3.8) is 0 Å². The Bertz CT molecular complexity index is 1080. The first kappa shape index (κ1) is 22.7. The van der Waals surface area contributed by atoms with E-state index in [4.69, 9.17) is 14.2 Å². The number of carbonyl (C=O) groups excluding carboxylic acids is 1. The van der Waals surface area contributed by atoms with Crippen molar-refractivity contribution in [2.24, 2.45) is 0 Å². The lowest BCUT2D eigenvalue weighted by Gasteiger charge is -2.25. The van der Waals surface area contributed by atoms with Gasteiger partial charge in [-0.1, -0.05) is 6.08 Å². The summed E-state index contributed by atoms with van der Waals surface area (Å²) in [6.07, 6.45) is 3.41. The van der Waals surface area contributed by atoms with Gasteiger partial charge in [0.15, 0.2) is 11.5 Å². The molecule has 9 nitrogen and oxygen atoms in total. The number of allylic oxidation sites excluding steroid dienone is 1. The fourth-order valence-electron chi connectivity index (χ4n) is 3.81. The molecule has 0 spiro atoms. The van der Waals surface area contributed by atoms with Crippen molar-refractivity contribution in [3.05, 3.63) is 35.5 Å². The van der Waals surface area contributed by atoms with Gasteiger partial charge in [-0.3, -0.25) is 0 Å². The Morgan fingerprint density at radius 1 is 1.18 bits per heavy atom. The first-order valence-corrected chi connectivity index (χ1v) is 11.1. The number of anilines is 3. The number of aromatic nitrogens is 2. The third kappa shape index (κ3) is 5.47. The van der Waals surface area contributed by atoms with E-state index >= 15 is 0 Å². The van der Waals surface area contributed by atoms with Crippen LogP contribution in [0, 0.1) is 6.92 Å². The molecule has 9 heteroatoms. The number of aryl methyl sites for hydroxylation is 1. The first-order valence-electron chi connectivity index (χ1n) is 11.1. The van der Waals surface area contributed by atoms with Crippen LogP contribution in [0.15, 0.2) is 24.3 Å².